The van der Waals surface area contributed by atoms with Crippen LogP contribution in [-0.2, 0) is 9.53 Å². The minimum absolute atomic E-state index is 0.191. The van der Waals surface area contributed by atoms with E-state index in [0.717, 1.165) is 29.6 Å². The Bertz CT molecular complexity index is 680. The Morgan fingerprint density at radius 3 is 2.86 bits per heavy atom. The summed E-state index contributed by atoms with van der Waals surface area (Å²) in [5, 5.41) is 0.764. The number of fused-ring (bicyclic) bond motifs is 1. The third kappa shape index (κ3) is 2.57. The Labute approximate surface area is 131 Å². The van der Waals surface area contributed by atoms with E-state index in [1.54, 1.807) is 0 Å². The SMILES string of the molecule is O=C1N=C(N2CCOCC2)S/C1=C/c1ccc2c(c1)OCO2. The molecule has 0 unspecified atom stereocenters. The first-order chi connectivity index (χ1) is 10.8. The number of amidine groups is 1. The molecule has 0 aromatic heterocycles. The summed E-state index contributed by atoms with van der Waals surface area (Å²) in [5.41, 5.74) is 0.901. The van der Waals surface area contributed by atoms with Gasteiger partial charge < -0.3 is 19.1 Å². The van der Waals surface area contributed by atoms with Crippen molar-refractivity contribution in [1.82, 2.24) is 4.90 Å². The van der Waals surface area contributed by atoms with Crippen LogP contribution in [0.4, 0.5) is 0 Å². The van der Waals surface area contributed by atoms with Gasteiger partial charge in [-0.25, -0.2) is 0 Å². The number of carbonyl (C=O) groups excluding carboxylic acids is 1. The first-order valence-electron chi connectivity index (χ1n) is 7.04. The molecule has 1 aromatic rings. The van der Waals surface area contributed by atoms with Gasteiger partial charge in [-0.1, -0.05) is 6.07 Å². The van der Waals surface area contributed by atoms with Crippen LogP contribution in [0.5, 0.6) is 11.5 Å². The van der Waals surface area contributed by atoms with Gasteiger partial charge in [0, 0.05) is 13.1 Å². The molecule has 114 valence electrons. The second-order valence-electron chi connectivity index (χ2n) is 5.02. The molecular formula is C15H14N2O4S. The molecule has 1 saturated heterocycles. The van der Waals surface area contributed by atoms with Crippen LogP contribution in [0.3, 0.4) is 0 Å². The predicted molar refractivity (Wildman–Crippen MR) is 83.0 cm³/mol. The highest BCUT2D eigenvalue weighted by Gasteiger charge is 2.27. The number of rotatable bonds is 1. The third-order valence-electron chi connectivity index (χ3n) is 3.59. The molecule has 3 aliphatic rings. The van der Waals surface area contributed by atoms with Gasteiger partial charge in [0.05, 0.1) is 18.1 Å². The number of nitrogens with zero attached hydrogens (tertiary/aromatic N) is 2. The third-order valence-corrected chi connectivity index (χ3v) is 4.63. The number of morpholine rings is 1. The number of hydrogen-bond donors (Lipinski definition) is 0. The lowest BCUT2D eigenvalue weighted by atomic mass is 10.2. The van der Waals surface area contributed by atoms with Gasteiger partial charge in [0.1, 0.15) is 0 Å². The zero-order valence-electron chi connectivity index (χ0n) is 11.8. The number of aliphatic imine (C=N–C) groups is 1. The molecule has 1 aromatic carbocycles. The molecular weight excluding hydrogens is 304 g/mol. The fraction of sp³-hybridized carbons (Fsp3) is 0.333. The Morgan fingerprint density at radius 1 is 1.18 bits per heavy atom. The Hall–Kier alpha value is -1.99. The molecule has 0 spiro atoms. The summed E-state index contributed by atoms with van der Waals surface area (Å²) in [5.74, 6) is 1.25. The van der Waals surface area contributed by atoms with Crippen molar-refractivity contribution in [3.8, 4) is 11.5 Å². The normalized spacial score (nSPS) is 22.4. The largest absolute Gasteiger partial charge is 0.454 e. The van der Waals surface area contributed by atoms with Gasteiger partial charge in [0.15, 0.2) is 16.7 Å². The van der Waals surface area contributed by atoms with Crippen molar-refractivity contribution in [2.45, 2.75) is 0 Å². The van der Waals surface area contributed by atoms with Crippen LogP contribution in [0.1, 0.15) is 5.56 Å². The topological polar surface area (TPSA) is 60.4 Å². The van der Waals surface area contributed by atoms with Crippen molar-refractivity contribution in [1.29, 1.82) is 0 Å². The molecule has 7 heteroatoms. The van der Waals surface area contributed by atoms with E-state index in [2.05, 4.69) is 9.89 Å². The summed E-state index contributed by atoms with van der Waals surface area (Å²) in [6.45, 7) is 3.14. The minimum atomic E-state index is -0.191. The molecule has 0 N–H and O–H groups in total. The van der Waals surface area contributed by atoms with Gasteiger partial charge >= 0.3 is 0 Å². The molecule has 0 aliphatic carbocycles. The summed E-state index contributed by atoms with van der Waals surface area (Å²) in [7, 11) is 0. The smallest absolute Gasteiger partial charge is 0.286 e. The number of ether oxygens (including phenoxy) is 3. The van der Waals surface area contributed by atoms with E-state index in [4.69, 9.17) is 14.2 Å². The number of benzene rings is 1. The van der Waals surface area contributed by atoms with Crippen LogP contribution in [0, 0.1) is 0 Å². The maximum Gasteiger partial charge on any atom is 0.286 e. The van der Waals surface area contributed by atoms with E-state index >= 15 is 0 Å². The summed E-state index contributed by atoms with van der Waals surface area (Å²) < 4.78 is 16.0. The van der Waals surface area contributed by atoms with Crippen LogP contribution >= 0.6 is 11.8 Å². The number of hydrogen-bond acceptors (Lipinski definition) is 6. The molecule has 0 atom stereocenters. The molecule has 6 nitrogen and oxygen atoms in total. The average Bonchev–Trinajstić information content (AvgIpc) is 3.15. The van der Waals surface area contributed by atoms with E-state index in [-0.39, 0.29) is 12.7 Å². The van der Waals surface area contributed by atoms with Crippen molar-refractivity contribution < 1.29 is 19.0 Å². The first-order valence-corrected chi connectivity index (χ1v) is 7.86. The maximum absolute atomic E-state index is 12.1. The van der Waals surface area contributed by atoms with E-state index in [1.807, 2.05) is 24.3 Å². The van der Waals surface area contributed by atoms with Crippen molar-refractivity contribution in [2.24, 2.45) is 4.99 Å². The maximum atomic E-state index is 12.1. The lowest BCUT2D eigenvalue weighted by Gasteiger charge is -2.27. The molecule has 4 rings (SSSR count). The summed E-state index contributed by atoms with van der Waals surface area (Å²) in [6, 6.07) is 5.62. The zero-order chi connectivity index (χ0) is 14.9. The summed E-state index contributed by atoms with van der Waals surface area (Å²) in [6.07, 6.45) is 1.84. The van der Waals surface area contributed by atoms with Gasteiger partial charge in [-0.15, -0.1) is 0 Å². The highest BCUT2D eigenvalue weighted by Crippen LogP contribution is 2.35. The van der Waals surface area contributed by atoms with Gasteiger partial charge in [-0.2, -0.15) is 4.99 Å². The van der Waals surface area contributed by atoms with Crippen molar-refractivity contribution in [3.63, 3.8) is 0 Å². The van der Waals surface area contributed by atoms with Crippen LogP contribution < -0.4 is 9.47 Å². The van der Waals surface area contributed by atoms with Crippen LogP contribution in [-0.4, -0.2) is 49.1 Å². The Balaban J connectivity index is 1.53. The second kappa shape index (κ2) is 5.66. The fourth-order valence-electron chi connectivity index (χ4n) is 2.44. The Kier molecular flexibility index (Phi) is 3.51. The van der Waals surface area contributed by atoms with Crippen LogP contribution in [0.25, 0.3) is 6.08 Å². The van der Waals surface area contributed by atoms with Crippen molar-refractivity contribution >= 4 is 28.9 Å². The zero-order valence-corrected chi connectivity index (χ0v) is 12.6. The molecule has 0 saturated carbocycles. The average molecular weight is 318 g/mol. The first kappa shape index (κ1) is 13.7. The lowest BCUT2D eigenvalue weighted by Crippen LogP contribution is -2.38. The molecule has 22 heavy (non-hydrogen) atoms. The van der Waals surface area contributed by atoms with Gasteiger partial charge in [-0.3, -0.25) is 4.79 Å². The Morgan fingerprint density at radius 2 is 2.00 bits per heavy atom. The number of amides is 1. The fourth-order valence-corrected chi connectivity index (χ4v) is 3.41. The van der Waals surface area contributed by atoms with E-state index in [9.17, 15) is 4.79 Å². The highest BCUT2D eigenvalue weighted by atomic mass is 32.2. The van der Waals surface area contributed by atoms with E-state index in [1.165, 1.54) is 11.8 Å². The molecule has 0 radical (unpaired) electrons. The number of thioether (sulfide) groups is 1. The molecule has 1 fully saturated rings. The van der Waals surface area contributed by atoms with Crippen molar-refractivity contribution in [2.75, 3.05) is 33.1 Å². The lowest BCUT2D eigenvalue weighted by molar-refractivity contribution is -0.113. The van der Waals surface area contributed by atoms with Crippen LogP contribution in [0.2, 0.25) is 0 Å². The van der Waals surface area contributed by atoms with E-state index < -0.39 is 0 Å². The molecule has 1 amide bonds. The standard InChI is InChI=1S/C15H14N2O4S/c18-14-13(22-15(16-14)17-3-5-19-6-4-17)8-10-1-2-11-12(7-10)21-9-20-11/h1-2,7-8H,3-6,9H2/b13-8+. The van der Waals surface area contributed by atoms with Gasteiger partial charge in [0.25, 0.3) is 5.91 Å². The van der Waals surface area contributed by atoms with Crippen LogP contribution in [0.15, 0.2) is 28.1 Å². The minimum Gasteiger partial charge on any atom is -0.454 e. The summed E-state index contributed by atoms with van der Waals surface area (Å²) >= 11 is 1.41. The van der Waals surface area contributed by atoms with E-state index in [0.29, 0.717) is 23.9 Å². The molecule has 3 aliphatic heterocycles. The summed E-state index contributed by atoms with van der Waals surface area (Å²) in [4.78, 5) is 18.9. The molecule has 3 heterocycles. The number of carbonyl (C=O) groups is 1. The highest BCUT2D eigenvalue weighted by molar-refractivity contribution is 8.18. The van der Waals surface area contributed by atoms with Gasteiger partial charge in [0.2, 0.25) is 6.79 Å². The van der Waals surface area contributed by atoms with Crippen molar-refractivity contribution in [3.05, 3.63) is 28.7 Å². The predicted octanol–water partition coefficient (Wildman–Crippen LogP) is 1.72. The van der Waals surface area contributed by atoms with Gasteiger partial charge in [-0.05, 0) is 35.5 Å². The second-order valence-corrected chi connectivity index (χ2v) is 6.03. The monoisotopic (exact) mass is 318 g/mol. The quantitative estimate of drug-likeness (QED) is 0.735. The molecule has 0 bridgehead atoms.